The van der Waals surface area contributed by atoms with Crippen LogP contribution in [0.4, 0.5) is 0 Å². The van der Waals surface area contributed by atoms with Crippen LogP contribution in [0.25, 0.3) is 0 Å². The standard InChI is InChI=1S/C32H34O6/c1-5-20-37-23-31(22-33,24-38-21-6-2)30(34)32(25-10-8-7-9-11-25,26-12-16-28(35-3)17-13-26)27-14-18-29(36-4)19-15-27/h1-2,7-19,30,33-34H,20-24H2,3-4H3. The van der Waals surface area contributed by atoms with Crippen LogP contribution in [0, 0.1) is 30.1 Å². The average molecular weight is 515 g/mol. The molecule has 0 radical (unpaired) electrons. The first-order chi connectivity index (χ1) is 18.5. The van der Waals surface area contributed by atoms with Gasteiger partial charge in [0.2, 0.25) is 0 Å². The van der Waals surface area contributed by atoms with E-state index in [-0.39, 0.29) is 26.4 Å². The van der Waals surface area contributed by atoms with Crippen LogP contribution in [-0.4, -0.2) is 63.6 Å². The maximum atomic E-state index is 12.6. The van der Waals surface area contributed by atoms with Crippen molar-refractivity contribution in [3.05, 3.63) is 95.6 Å². The number of aliphatic hydroxyl groups excluding tert-OH is 2. The van der Waals surface area contributed by atoms with Crippen molar-refractivity contribution in [1.82, 2.24) is 0 Å². The van der Waals surface area contributed by atoms with E-state index in [1.165, 1.54) is 0 Å². The quantitative estimate of drug-likeness (QED) is 0.194. The van der Waals surface area contributed by atoms with Gasteiger partial charge in [0.05, 0.1) is 51.0 Å². The van der Waals surface area contributed by atoms with Crippen molar-refractivity contribution in [3.63, 3.8) is 0 Å². The number of rotatable bonds is 14. The lowest BCUT2D eigenvalue weighted by Gasteiger charge is -2.48. The minimum Gasteiger partial charge on any atom is -0.497 e. The van der Waals surface area contributed by atoms with Gasteiger partial charge in [-0.3, -0.25) is 0 Å². The SMILES string of the molecule is C#CCOCC(CO)(COCC#C)C(O)C(c1ccccc1)(c1ccc(OC)cc1)c1ccc(OC)cc1. The molecule has 0 amide bonds. The van der Waals surface area contributed by atoms with Crippen molar-refractivity contribution in [1.29, 1.82) is 0 Å². The van der Waals surface area contributed by atoms with Crippen LogP contribution in [0.1, 0.15) is 16.7 Å². The highest BCUT2D eigenvalue weighted by atomic mass is 16.5. The highest BCUT2D eigenvalue weighted by Crippen LogP contribution is 2.48. The van der Waals surface area contributed by atoms with Gasteiger partial charge in [-0.2, -0.15) is 0 Å². The van der Waals surface area contributed by atoms with Crippen LogP contribution < -0.4 is 9.47 Å². The first-order valence-corrected chi connectivity index (χ1v) is 12.2. The second kappa shape index (κ2) is 13.7. The molecule has 0 fully saturated rings. The molecule has 2 N–H and O–H groups in total. The van der Waals surface area contributed by atoms with Crippen molar-refractivity contribution >= 4 is 0 Å². The topological polar surface area (TPSA) is 77.4 Å². The molecular weight excluding hydrogens is 480 g/mol. The predicted molar refractivity (Wildman–Crippen MR) is 147 cm³/mol. The van der Waals surface area contributed by atoms with E-state index in [9.17, 15) is 10.2 Å². The van der Waals surface area contributed by atoms with Crippen LogP contribution in [0.2, 0.25) is 0 Å². The fraction of sp³-hybridized carbons (Fsp3) is 0.312. The van der Waals surface area contributed by atoms with Gasteiger partial charge >= 0.3 is 0 Å². The van der Waals surface area contributed by atoms with E-state index < -0.39 is 23.5 Å². The minimum absolute atomic E-state index is 0.00696. The van der Waals surface area contributed by atoms with Crippen molar-refractivity contribution in [2.24, 2.45) is 5.41 Å². The Morgan fingerprint density at radius 2 is 1.13 bits per heavy atom. The highest BCUT2D eigenvalue weighted by Gasteiger charge is 2.53. The third-order valence-electron chi connectivity index (χ3n) is 6.77. The average Bonchev–Trinajstić information content (AvgIpc) is 2.98. The van der Waals surface area contributed by atoms with E-state index >= 15 is 0 Å². The third kappa shape index (κ3) is 5.86. The molecule has 0 aromatic heterocycles. The molecule has 3 aromatic carbocycles. The van der Waals surface area contributed by atoms with E-state index in [1.54, 1.807) is 14.2 Å². The van der Waals surface area contributed by atoms with E-state index in [0.29, 0.717) is 11.5 Å². The lowest BCUT2D eigenvalue weighted by molar-refractivity contribution is -0.123. The molecule has 0 bridgehead atoms. The molecular formula is C32H34O6. The van der Waals surface area contributed by atoms with Crippen LogP contribution >= 0.6 is 0 Å². The fourth-order valence-electron chi connectivity index (χ4n) is 4.85. The smallest absolute Gasteiger partial charge is 0.118 e. The van der Waals surface area contributed by atoms with Gasteiger partial charge < -0.3 is 29.2 Å². The molecule has 0 saturated carbocycles. The normalized spacial score (nSPS) is 12.3. The summed E-state index contributed by atoms with van der Waals surface area (Å²) in [5.74, 6) is 6.23. The zero-order chi connectivity index (χ0) is 27.4. The molecule has 0 heterocycles. The number of methoxy groups -OCH3 is 2. The fourth-order valence-corrected chi connectivity index (χ4v) is 4.85. The Labute approximate surface area is 225 Å². The Hall–Kier alpha value is -3.78. The third-order valence-corrected chi connectivity index (χ3v) is 6.77. The van der Waals surface area contributed by atoms with Gasteiger partial charge in [0.15, 0.2) is 0 Å². The molecule has 0 aliphatic carbocycles. The second-order valence-electron chi connectivity index (χ2n) is 8.95. The molecule has 1 unspecified atom stereocenters. The Morgan fingerprint density at radius 1 is 0.711 bits per heavy atom. The summed E-state index contributed by atoms with van der Waals surface area (Å²) in [6, 6.07) is 24.6. The van der Waals surface area contributed by atoms with Crippen molar-refractivity contribution < 1.29 is 29.2 Å². The molecule has 3 rings (SSSR count). The number of aliphatic hydroxyl groups is 2. The summed E-state index contributed by atoms with van der Waals surface area (Å²) >= 11 is 0. The van der Waals surface area contributed by atoms with Gasteiger partial charge in [-0.05, 0) is 41.0 Å². The predicted octanol–water partition coefficient (Wildman–Crippen LogP) is 3.68. The number of hydrogen-bond donors (Lipinski definition) is 2. The van der Waals surface area contributed by atoms with Crippen molar-refractivity contribution in [2.75, 3.05) is 47.3 Å². The Balaban J connectivity index is 2.36. The summed E-state index contributed by atoms with van der Waals surface area (Å²) in [6.45, 7) is -0.578. The molecule has 3 aromatic rings. The van der Waals surface area contributed by atoms with Crippen LogP contribution in [0.15, 0.2) is 78.9 Å². The molecule has 6 heteroatoms. The Bertz CT molecular complexity index is 1140. The largest absolute Gasteiger partial charge is 0.497 e. The molecule has 38 heavy (non-hydrogen) atoms. The van der Waals surface area contributed by atoms with E-state index in [2.05, 4.69) is 11.8 Å². The number of hydrogen-bond acceptors (Lipinski definition) is 6. The maximum absolute atomic E-state index is 12.6. The van der Waals surface area contributed by atoms with Gasteiger partial charge in [0.1, 0.15) is 24.7 Å². The monoisotopic (exact) mass is 514 g/mol. The molecule has 0 aliphatic rings. The molecule has 0 saturated heterocycles. The molecule has 198 valence electrons. The molecule has 1 atom stereocenters. The van der Waals surface area contributed by atoms with Gasteiger partial charge in [0, 0.05) is 0 Å². The summed E-state index contributed by atoms with van der Waals surface area (Å²) in [7, 11) is 3.19. The molecule has 6 nitrogen and oxygen atoms in total. The number of benzene rings is 3. The number of ether oxygens (including phenoxy) is 4. The van der Waals surface area contributed by atoms with Crippen molar-refractivity contribution in [3.8, 4) is 36.2 Å². The lowest BCUT2D eigenvalue weighted by Crippen LogP contribution is -2.57. The molecule has 0 aliphatic heterocycles. The van der Waals surface area contributed by atoms with E-state index in [4.69, 9.17) is 31.8 Å². The maximum Gasteiger partial charge on any atom is 0.118 e. The number of terminal acetylenes is 2. The summed E-state index contributed by atoms with van der Waals surface area (Å²) in [4.78, 5) is 0. The van der Waals surface area contributed by atoms with Gasteiger partial charge in [-0.15, -0.1) is 12.8 Å². The van der Waals surface area contributed by atoms with Crippen LogP contribution in [0.5, 0.6) is 11.5 Å². The highest BCUT2D eigenvalue weighted by molar-refractivity contribution is 5.54. The first kappa shape index (κ1) is 28.8. The molecule has 0 spiro atoms. The zero-order valence-electron chi connectivity index (χ0n) is 21.8. The summed E-state index contributed by atoms with van der Waals surface area (Å²) in [5.41, 5.74) is -0.136. The summed E-state index contributed by atoms with van der Waals surface area (Å²) in [5, 5.41) is 23.4. The second-order valence-corrected chi connectivity index (χ2v) is 8.95. The Kier molecular flexibility index (Phi) is 10.4. The van der Waals surface area contributed by atoms with Gasteiger partial charge in [-0.1, -0.05) is 66.4 Å². The summed E-state index contributed by atoms with van der Waals surface area (Å²) < 4.78 is 22.3. The van der Waals surface area contributed by atoms with E-state index in [1.807, 2.05) is 78.9 Å². The zero-order valence-corrected chi connectivity index (χ0v) is 21.8. The summed E-state index contributed by atoms with van der Waals surface area (Å²) in [6.07, 6.45) is 9.59. The van der Waals surface area contributed by atoms with Crippen LogP contribution in [-0.2, 0) is 14.9 Å². The first-order valence-electron chi connectivity index (χ1n) is 12.2. The van der Waals surface area contributed by atoms with Crippen LogP contribution in [0.3, 0.4) is 0 Å². The lowest BCUT2D eigenvalue weighted by atomic mass is 9.59. The minimum atomic E-state index is -1.30. The van der Waals surface area contributed by atoms with Gasteiger partial charge in [-0.25, -0.2) is 0 Å². The van der Waals surface area contributed by atoms with Gasteiger partial charge in [0.25, 0.3) is 0 Å². The van der Waals surface area contributed by atoms with Crippen molar-refractivity contribution in [2.45, 2.75) is 11.5 Å². The Morgan fingerprint density at radius 3 is 1.50 bits per heavy atom. The van der Waals surface area contributed by atoms with E-state index in [0.717, 1.165) is 16.7 Å².